The molecule has 0 aromatic carbocycles. The van der Waals surface area contributed by atoms with Crippen molar-refractivity contribution in [3.8, 4) is 0 Å². The normalized spacial score (nSPS) is 22.5. The fraction of sp³-hybridized carbons (Fsp3) is 0.727. The molecule has 15 heavy (non-hydrogen) atoms. The monoisotopic (exact) mass is 226 g/mol. The van der Waals surface area contributed by atoms with Crippen LogP contribution in [0.25, 0.3) is 0 Å². The van der Waals surface area contributed by atoms with Gasteiger partial charge in [0, 0.05) is 30.4 Å². The van der Waals surface area contributed by atoms with E-state index in [1.54, 1.807) is 11.3 Å². The van der Waals surface area contributed by atoms with Gasteiger partial charge in [-0.1, -0.05) is 0 Å². The number of aliphatic hydroxyl groups is 1. The molecule has 1 saturated heterocycles. The van der Waals surface area contributed by atoms with Gasteiger partial charge in [-0.2, -0.15) is 0 Å². The third-order valence-corrected chi connectivity index (χ3v) is 4.03. The van der Waals surface area contributed by atoms with Crippen LogP contribution in [0.2, 0.25) is 0 Å². The van der Waals surface area contributed by atoms with Crippen LogP contribution < -0.4 is 0 Å². The van der Waals surface area contributed by atoms with Crippen molar-refractivity contribution in [2.24, 2.45) is 0 Å². The van der Waals surface area contributed by atoms with Gasteiger partial charge in [0.05, 0.1) is 10.7 Å². The molecule has 1 unspecified atom stereocenters. The zero-order chi connectivity index (χ0) is 10.8. The smallest absolute Gasteiger partial charge is 0.0953 e. The van der Waals surface area contributed by atoms with Crippen molar-refractivity contribution in [1.82, 2.24) is 9.88 Å². The molecule has 3 nitrogen and oxygen atoms in total. The van der Waals surface area contributed by atoms with E-state index in [2.05, 4.69) is 23.9 Å². The summed E-state index contributed by atoms with van der Waals surface area (Å²) in [6.07, 6.45) is 1.92. The number of nitrogens with zero attached hydrogens (tertiary/aromatic N) is 2. The van der Waals surface area contributed by atoms with Gasteiger partial charge in [0.25, 0.3) is 0 Å². The van der Waals surface area contributed by atoms with Crippen molar-refractivity contribution in [1.29, 1.82) is 0 Å². The highest BCUT2D eigenvalue weighted by atomic mass is 32.1. The predicted molar refractivity (Wildman–Crippen MR) is 62.5 cm³/mol. The van der Waals surface area contributed by atoms with E-state index in [1.165, 1.54) is 23.5 Å². The minimum absolute atomic E-state index is 0.205. The summed E-state index contributed by atoms with van der Waals surface area (Å²) in [4.78, 5) is 8.34. The number of thiazole rings is 1. The Morgan fingerprint density at radius 1 is 1.60 bits per heavy atom. The second-order valence-corrected chi connectivity index (χ2v) is 5.56. The van der Waals surface area contributed by atoms with Crippen molar-refractivity contribution in [3.05, 3.63) is 15.6 Å². The molecule has 1 N–H and O–H groups in total. The quantitative estimate of drug-likeness (QED) is 0.846. The van der Waals surface area contributed by atoms with E-state index in [4.69, 9.17) is 5.11 Å². The Hall–Kier alpha value is -0.450. The number of aliphatic hydroxyl groups excluding tert-OH is 1. The summed E-state index contributed by atoms with van der Waals surface area (Å²) in [5, 5.41) is 9.97. The molecule has 0 bridgehead atoms. The second-order valence-electron chi connectivity index (χ2n) is 4.27. The van der Waals surface area contributed by atoms with E-state index in [9.17, 15) is 0 Å². The number of hydrogen-bond acceptors (Lipinski definition) is 4. The molecule has 0 aliphatic carbocycles. The maximum Gasteiger partial charge on any atom is 0.0953 e. The van der Waals surface area contributed by atoms with Crippen molar-refractivity contribution in [2.75, 3.05) is 26.7 Å². The zero-order valence-corrected chi connectivity index (χ0v) is 10.2. The summed E-state index contributed by atoms with van der Waals surface area (Å²) in [5.74, 6) is 0.610. The molecule has 1 aliphatic rings. The molecular weight excluding hydrogens is 208 g/mol. The molecule has 1 atom stereocenters. The Balaban J connectivity index is 2.13. The number of likely N-dealkylation sites (tertiary alicyclic amines) is 1. The average molecular weight is 226 g/mol. The number of aryl methyl sites for hydroxylation is 1. The van der Waals surface area contributed by atoms with E-state index >= 15 is 0 Å². The van der Waals surface area contributed by atoms with Gasteiger partial charge in [0.2, 0.25) is 0 Å². The first-order valence-electron chi connectivity index (χ1n) is 5.46. The van der Waals surface area contributed by atoms with Crippen LogP contribution in [0.3, 0.4) is 0 Å². The van der Waals surface area contributed by atoms with Gasteiger partial charge in [0.1, 0.15) is 0 Å². The van der Waals surface area contributed by atoms with Crippen molar-refractivity contribution in [3.63, 3.8) is 0 Å². The van der Waals surface area contributed by atoms with Gasteiger partial charge < -0.3 is 10.0 Å². The van der Waals surface area contributed by atoms with Gasteiger partial charge in [-0.3, -0.25) is 0 Å². The van der Waals surface area contributed by atoms with Gasteiger partial charge >= 0.3 is 0 Å². The zero-order valence-electron chi connectivity index (χ0n) is 9.36. The van der Waals surface area contributed by atoms with E-state index in [-0.39, 0.29) is 6.61 Å². The maximum atomic E-state index is 8.89. The molecule has 4 heteroatoms. The third-order valence-electron chi connectivity index (χ3n) is 2.98. The summed E-state index contributed by atoms with van der Waals surface area (Å²) in [6.45, 7) is 4.66. The maximum absolute atomic E-state index is 8.89. The minimum atomic E-state index is 0.205. The van der Waals surface area contributed by atoms with Crippen LogP contribution in [0.4, 0.5) is 0 Å². The van der Waals surface area contributed by atoms with Crippen LogP contribution in [-0.2, 0) is 6.42 Å². The van der Waals surface area contributed by atoms with Crippen molar-refractivity contribution in [2.45, 2.75) is 25.7 Å². The standard InChI is InChI=1S/C11H18N2OS/c1-8-11(9-3-5-13(2)7-9)12-10(15-8)4-6-14/h9,14H,3-7H2,1-2H3. The van der Waals surface area contributed by atoms with Crippen LogP contribution in [-0.4, -0.2) is 41.7 Å². The third kappa shape index (κ3) is 2.38. The fourth-order valence-corrected chi connectivity index (χ4v) is 3.21. The van der Waals surface area contributed by atoms with E-state index in [0.717, 1.165) is 11.6 Å². The number of likely N-dealkylation sites (N-methyl/N-ethyl adjacent to an activating group) is 1. The molecule has 2 rings (SSSR count). The Morgan fingerprint density at radius 2 is 2.40 bits per heavy atom. The molecule has 0 saturated carbocycles. The average Bonchev–Trinajstić information content (AvgIpc) is 2.73. The van der Waals surface area contributed by atoms with Crippen LogP contribution in [0.1, 0.15) is 27.9 Å². The first-order chi connectivity index (χ1) is 7.20. The lowest BCUT2D eigenvalue weighted by Crippen LogP contribution is -2.13. The lowest BCUT2D eigenvalue weighted by molar-refractivity contribution is 0.299. The highest BCUT2D eigenvalue weighted by molar-refractivity contribution is 7.11. The Kier molecular flexibility index (Phi) is 3.38. The summed E-state index contributed by atoms with van der Waals surface area (Å²) in [7, 11) is 2.16. The molecule has 1 fully saturated rings. The number of rotatable bonds is 3. The number of hydrogen-bond donors (Lipinski definition) is 1. The summed E-state index contributed by atoms with van der Waals surface area (Å²) < 4.78 is 0. The molecule has 1 aromatic rings. The first kappa shape index (κ1) is 11.0. The molecule has 2 heterocycles. The topological polar surface area (TPSA) is 36.4 Å². The van der Waals surface area contributed by atoms with Crippen LogP contribution in [0.15, 0.2) is 0 Å². The molecular formula is C11H18N2OS. The summed E-state index contributed by atoms with van der Waals surface area (Å²) >= 11 is 1.74. The van der Waals surface area contributed by atoms with Crippen LogP contribution in [0.5, 0.6) is 0 Å². The van der Waals surface area contributed by atoms with E-state index in [0.29, 0.717) is 12.3 Å². The fourth-order valence-electron chi connectivity index (χ4n) is 2.20. The second kappa shape index (κ2) is 4.60. The van der Waals surface area contributed by atoms with Crippen LogP contribution in [0, 0.1) is 6.92 Å². The van der Waals surface area contributed by atoms with Crippen molar-refractivity contribution < 1.29 is 5.11 Å². The van der Waals surface area contributed by atoms with Gasteiger partial charge in [0.15, 0.2) is 0 Å². The van der Waals surface area contributed by atoms with Crippen molar-refractivity contribution >= 4 is 11.3 Å². The minimum Gasteiger partial charge on any atom is -0.396 e. The lowest BCUT2D eigenvalue weighted by Gasteiger charge is -2.08. The van der Waals surface area contributed by atoms with E-state index < -0.39 is 0 Å². The molecule has 0 amide bonds. The first-order valence-corrected chi connectivity index (χ1v) is 6.28. The van der Waals surface area contributed by atoms with Crippen LogP contribution >= 0.6 is 11.3 Å². The SMILES string of the molecule is Cc1sc(CCO)nc1C1CCN(C)C1. The Morgan fingerprint density at radius 3 is 3.00 bits per heavy atom. The summed E-state index contributed by atoms with van der Waals surface area (Å²) in [6, 6.07) is 0. The molecule has 84 valence electrons. The lowest BCUT2D eigenvalue weighted by atomic mass is 10.0. The number of aromatic nitrogens is 1. The largest absolute Gasteiger partial charge is 0.396 e. The Labute approximate surface area is 94.8 Å². The highest BCUT2D eigenvalue weighted by Crippen LogP contribution is 2.30. The van der Waals surface area contributed by atoms with Gasteiger partial charge in [-0.05, 0) is 26.9 Å². The predicted octanol–water partition coefficient (Wildman–Crippen LogP) is 1.41. The molecule has 1 aliphatic heterocycles. The summed E-state index contributed by atoms with van der Waals surface area (Å²) in [5.41, 5.74) is 1.27. The van der Waals surface area contributed by atoms with Gasteiger partial charge in [-0.25, -0.2) is 4.98 Å². The molecule has 0 radical (unpaired) electrons. The molecule has 0 spiro atoms. The molecule has 1 aromatic heterocycles. The van der Waals surface area contributed by atoms with E-state index in [1.807, 2.05) is 0 Å². The Bertz CT molecular complexity index is 337. The van der Waals surface area contributed by atoms with Gasteiger partial charge in [-0.15, -0.1) is 11.3 Å². The highest BCUT2D eigenvalue weighted by Gasteiger charge is 2.25.